The second kappa shape index (κ2) is 6.93. The summed E-state index contributed by atoms with van der Waals surface area (Å²) in [5.74, 6) is 0.835. The summed E-state index contributed by atoms with van der Waals surface area (Å²) in [7, 11) is 0. The van der Waals surface area contributed by atoms with E-state index in [4.69, 9.17) is 10.00 Å². The fraction of sp³-hybridized carbons (Fsp3) is 0.400. The molecule has 2 unspecified atom stereocenters. The Bertz CT molecular complexity index is 837. The zero-order valence-corrected chi connectivity index (χ0v) is 14.3. The van der Waals surface area contributed by atoms with E-state index in [0.717, 1.165) is 31.5 Å². The Kier molecular flexibility index (Phi) is 4.48. The fourth-order valence-corrected chi connectivity index (χ4v) is 4.04. The van der Waals surface area contributed by atoms with Gasteiger partial charge >= 0.3 is 0 Å². The Morgan fingerprint density at radius 2 is 2.00 bits per heavy atom. The number of piperidine rings is 1. The lowest BCUT2D eigenvalue weighted by atomic mass is 10.00. The molecule has 2 aromatic rings. The standard InChI is InChI=1S/C20H20FN3O2/c21-18-8-13(11-22)4-5-14(18)12-26-20-3-1-2-19(23-20)24-15-6-7-16(24)10-17(25)9-15/h1-5,8,15-17,25H,6-7,9-10,12H2/t15-,16?,17?/m1/s1. The minimum absolute atomic E-state index is 0.0551. The van der Waals surface area contributed by atoms with Gasteiger partial charge in [0.25, 0.3) is 0 Å². The Hall–Kier alpha value is -2.65. The maximum atomic E-state index is 14.0. The average molecular weight is 353 g/mol. The molecule has 2 aliphatic heterocycles. The molecule has 6 heteroatoms. The Balaban J connectivity index is 1.48. The van der Waals surface area contributed by atoms with E-state index < -0.39 is 5.82 Å². The first-order valence-electron chi connectivity index (χ1n) is 8.89. The summed E-state index contributed by atoms with van der Waals surface area (Å²) in [6, 6.07) is 12.5. The number of hydrogen-bond acceptors (Lipinski definition) is 5. The minimum Gasteiger partial charge on any atom is -0.473 e. The van der Waals surface area contributed by atoms with Gasteiger partial charge in [0.1, 0.15) is 18.2 Å². The van der Waals surface area contributed by atoms with Crippen molar-refractivity contribution in [1.82, 2.24) is 4.98 Å². The van der Waals surface area contributed by atoms with E-state index in [1.165, 1.54) is 6.07 Å². The van der Waals surface area contributed by atoms with Crippen LogP contribution >= 0.6 is 0 Å². The number of nitriles is 1. The molecule has 26 heavy (non-hydrogen) atoms. The van der Waals surface area contributed by atoms with E-state index in [2.05, 4.69) is 9.88 Å². The molecule has 2 saturated heterocycles. The number of aromatic nitrogens is 1. The van der Waals surface area contributed by atoms with Gasteiger partial charge in [0, 0.05) is 23.7 Å². The van der Waals surface area contributed by atoms with Crippen LogP contribution in [-0.2, 0) is 6.61 Å². The Labute approximate surface area is 151 Å². The molecule has 0 radical (unpaired) electrons. The van der Waals surface area contributed by atoms with Crippen molar-refractivity contribution in [2.75, 3.05) is 4.90 Å². The van der Waals surface area contributed by atoms with Gasteiger partial charge in [-0.3, -0.25) is 0 Å². The lowest BCUT2D eigenvalue weighted by molar-refractivity contribution is 0.126. The van der Waals surface area contributed by atoms with Crippen molar-refractivity contribution >= 4 is 5.82 Å². The van der Waals surface area contributed by atoms with Crippen LogP contribution in [0.2, 0.25) is 0 Å². The molecule has 1 N–H and O–H groups in total. The number of aliphatic hydroxyl groups excluding tert-OH is 1. The van der Waals surface area contributed by atoms with E-state index in [-0.39, 0.29) is 18.3 Å². The Morgan fingerprint density at radius 3 is 2.69 bits per heavy atom. The Morgan fingerprint density at radius 1 is 1.23 bits per heavy atom. The van der Waals surface area contributed by atoms with E-state index in [0.29, 0.717) is 23.5 Å². The fourth-order valence-electron chi connectivity index (χ4n) is 4.04. The monoisotopic (exact) mass is 353 g/mol. The largest absolute Gasteiger partial charge is 0.473 e. The molecule has 3 atom stereocenters. The number of aliphatic hydroxyl groups is 1. The SMILES string of the molecule is N#Cc1ccc(COc2cccc(N3C4CC[C@@H]3CC(O)C4)n2)c(F)c1. The second-order valence-corrected chi connectivity index (χ2v) is 6.96. The van der Waals surface area contributed by atoms with Crippen molar-refractivity contribution in [1.29, 1.82) is 5.26 Å². The average Bonchev–Trinajstić information content (AvgIpc) is 2.92. The number of hydrogen-bond donors (Lipinski definition) is 1. The van der Waals surface area contributed by atoms with Gasteiger partial charge < -0.3 is 14.7 Å². The van der Waals surface area contributed by atoms with Crippen LogP contribution in [0.5, 0.6) is 5.88 Å². The number of benzene rings is 1. The van der Waals surface area contributed by atoms with Gasteiger partial charge in [-0.1, -0.05) is 12.1 Å². The maximum absolute atomic E-state index is 14.0. The van der Waals surface area contributed by atoms with Crippen molar-refractivity contribution in [3.8, 4) is 11.9 Å². The number of halogens is 1. The van der Waals surface area contributed by atoms with Crippen LogP contribution in [0, 0.1) is 17.1 Å². The predicted octanol–water partition coefficient (Wildman–Crippen LogP) is 3.16. The number of anilines is 1. The summed E-state index contributed by atoms with van der Waals surface area (Å²) in [4.78, 5) is 6.88. The van der Waals surface area contributed by atoms with Gasteiger partial charge in [0.2, 0.25) is 5.88 Å². The zero-order chi connectivity index (χ0) is 18.1. The minimum atomic E-state index is -0.455. The van der Waals surface area contributed by atoms with Crippen molar-refractivity contribution in [2.24, 2.45) is 0 Å². The summed E-state index contributed by atoms with van der Waals surface area (Å²) in [5.41, 5.74) is 0.673. The predicted molar refractivity (Wildman–Crippen MR) is 94.2 cm³/mol. The van der Waals surface area contributed by atoms with E-state index in [1.807, 2.05) is 18.2 Å². The van der Waals surface area contributed by atoms with Gasteiger partial charge in [0.15, 0.2) is 0 Å². The van der Waals surface area contributed by atoms with Crippen molar-refractivity contribution in [3.63, 3.8) is 0 Å². The third-order valence-electron chi connectivity index (χ3n) is 5.24. The number of pyridine rings is 1. The quantitative estimate of drug-likeness (QED) is 0.914. The lowest BCUT2D eigenvalue weighted by Gasteiger charge is -2.38. The van der Waals surface area contributed by atoms with E-state index in [1.54, 1.807) is 18.2 Å². The molecule has 4 rings (SSSR count). The third-order valence-corrected chi connectivity index (χ3v) is 5.24. The molecule has 2 fully saturated rings. The van der Waals surface area contributed by atoms with E-state index in [9.17, 15) is 9.50 Å². The van der Waals surface area contributed by atoms with Crippen molar-refractivity contribution < 1.29 is 14.2 Å². The molecule has 1 aromatic carbocycles. The molecular formula is C20H20FN3O2. The van der Waals surface area contributed by atoms with Crippen molar-refractivity contribution in [3.05, 3.63) is 53.3 Å². The summed E-state index contributed by atoms with van der Waals surface area (Å²) >= 11 is 0. The molecule has 0 aliphatic carbocycles. The van der Waals surface area contributed by atoms with E-state index >= 15 is 0 Å². The van der Waals surface area contributed by atoms with Gasteiger partial charge in [-0.25, -0.2) is 4.39 Å². The van der Waals surface area contributed by atoms with Crippen LogP contribution in [0.15, 0.2) is 36.4 Å². The molecule has 0 saturated carbocycles. The number of ether oxygens (including phenoxy) is 1. The van der Waals surface area contributed by atoms with Crippen LogP contribution in [-0.4, -0.2) is 28.3 Å². The summed E-state index contributed by atoms with van der Waals surface area (Å²) in [6.07, 6.45) is 3.48. The number of nitrogens with zero attached hydrogens (tertiary/aromatic N) is 3. The molecular weight excluding hydrogens is 333 g/mol. The molecule has 0 spiro atoms. The van der Waals surface area contributed by atoms with Crippen LogP contribution in [0.3, 0.4) is 0 Å². The number of rotatable bonds is 4. The third kappa shape index (κ3) is 3.23. The van der Waals surface area contributed by atoms with Crippen LogP contribution in [0.1, 0.15) is 36.8 Å². The highest BCUT2D eigenvalue weighted by Crippen LogP contribution is 2.38. The molecule has 5 nitrogen and oxygen atoms in total. The maximum Gasteiger partial charge on any atom is 0.215 e. The molecule has 134 valence electrons. The molecule has 3 heterocycles. The summed E-state index contributed by atoms with van der Waals surface area (Å²) in [6.45, 7) is 0.0551. The highest BCUT2D eigenvalue weighted by Gasteiger charge is 2.40. The molecule has 2 aliphatic rings. The number of fused-ring (bicyclic) bond motifs is 2. The summed E-state index contributed by atoms with van der Waals surface area (Å²) in [5, 5.41) is 18.8. The molecule has 1 aromatic heterocycles. The van der Waals surface area contributed by atoms with Gasteiger partial charge in [0.05, 0.1) is 17.7 Å². The topological polar surface area (TPSA) is 69.4 Å². The molecule has 2 bridgehead atoms. The van der Waals surface area contributed by atoms with Crippen LogP contribution in [0.4, 0.5) is 10.2 Å². The smallest absolute Gasteiger partial charge is 0.215 e. The van der Waals surface area contributed by atoms with Gasteiger partial charge in [-0.05, 0) is 43.9 Å². The second-order valence-electron chi connectivity index (χ2n) is 6.96. The lowest BCUT2D eigenvalue weighted by Crippen LogP contribution is -2.45. The zero-order valence-electron chi connectivity index (χ0n) is 14.3. The highest BCUT2D eigenvalue weighted by molar-refractivity contribution is 5.45. The van der Waals surface area contributed by atoms with Crippen molar-refractivity contribution in [2.45, 2.75) is 50.5 Å². The first-order chi connectivity index (χ1) is 12.6. The van der Waals surface area contributed by atoms with Crippen LogP contribution < -0.4 is 9.64 Å². The summed E-state index contributed by atoms with van der Waals surface area (Å²) < 4.78 is 19.7. The highest BCUT2D eigenvalue weighted by atomic mass is 19.1. The first-order valence-corrected chi connectivity index (χ1v) is 8.89. The van der Waals surface area contributed by atoms with Crippen LogP contribution in [0.25, 0.3) is 0 Å². The molecule has 0 amide bonds. The van der Waals surface area contributed by atoms with Gasteiger partial charge in [-0.15, -0.1) is 0 Å². The van der Waals surface area contributed by atoms with Gasteiger partial charge in [-0.2, -0.15) is 10.2 Å². The normalized spacial score (nSPS) is 24.3. The first kappa shape index (κ1) is 16.8.